The van der Waals surface area contributed by atoms with Gasteiger partial charge in [-0.15, -0.1) is 0 Å². The largest absolute Gasteiger partial charge is 0.451 e. The molecule has 2 aromatic carbocycles. The van der Waals surface area contributed by atoms with Gasteiger partial charge in [0.25, 0.3) is 11.8 Å². The fourth-order valence-corrected chi connectivity index (χ4v) is 4.42. The summed E-state index contributed by atoms with van der Waals surface area (Å²) in [5.74, 6) is -2.08. The predicted molar refractivity (Wildman–Crippen MR) is 124 cm³/mol. The molecule has 0 saturated carbocycles. The second kappa shape index (κ2) is 11.9. The summed E-state index contributed by atoms with van der Waals surface area (Å²) in [4.78, 5) is 36.6. The van der Waals surface area contributed by atoms with E-state index in [0.29, 0.717) is 13.1 Å². The van der Waals surface area contributed by atoms with Crippen molar-refractivity contribution >= 4 is 33.5 Å². The molecule has 0 radical (unpaired) electrons. The molecular formula is C23H26N4O6S. The van der Waals surface area contributed by atoms with E-state index in [2.05, 4.69) is 10.6 Å². The third-order valence-electron chi connectivity index (χ3n) is 4.84. The van der Waals surface area contributed by atoms with Crippen LogP contribution in [0.15, 0.2) is 53.4 Å². The van der Waals surface area contributed by atoms with E-state index in [9.17, 15) is 22.8 Å². The first-order valence-corrected chi connectivity index (χ1v) is 12.0. The van der Waals surface area contributed by atoms with Crippen molar-refractivity contribution in [1.29, 1.82) is 5.26 Å². The predicted octanol–water partition coefficient (Wildman–Crippen LogP) is 1.89. The van der Waals surface area contributed by atoms with E-state index in [-0.39, 0.29) is 21.7 Å². The van der Waals surface area contributed by atoms with Crippen LogP contribution < -0.4 is 10.6 Å². The van der Waals surface area contributed by atoms with Gasteiger partial charge in [-0.25, -0.2) is 8.42 Å². The smallest absolute Gasteiger partial charge is 0.326 e. The average Bonchev–Trinajstić information content (AvgIpc) is 2.83. The Balaban J connectivity index is 1.90. The van der Waals surface area contributed by atoms with E-state index >= 15 is 0 Å². The second-order valence-corrected chi connectivity index (χ2v) is 9.01. The number of para-hydroxylation sites is 1. The van der Waals surface area contributed by atoms with Crippen LogP contribution >= 0.6 is 0 Å². The molecule has 0 aliphatic rings. The van der Waals surface area contributed by atoms with Crippen LogP contribution in [-0.4, -0.2) is 56.2 Å². The Bertz CT molecular complexity index is 1180. The fraction of sp³-hybridized carbons (Fsp3) is 0.304. The molecule has 1 atom stereocenters. The van der Waals surface area contributed by atoms with E-state index in [4.69, 9.17) is 10.00 Å². The van der Waals surface area contributed by atoms with Gasteiger partial charge >= 0.3 is 5.97 Å². The summed E-state index contributed by atoms with van der Waals surface area (Å²) < 4.78 is 31.4. The van der Waals surface area contributed by atoms with Crippen molar-refractivity contribution in [2.75, 3.05) is 25.0 Å². The molecule has 10 nitrogen and oxygen atoms in total. The van der Waals surface area contributed by atoms with Crippen molar-refractivity contribution < 1.29 is 27.5 Å². The molecule has 0 fully saturated rings. The minimum absolute atomic E-state index is 0.0602. The Morgan fingerprint density at radius 2 is 1.68 bits per heavy atom. The van der Waals surface area contributed by atoms with E-state index in [1.807, 2.05) is 6.07 Å². The Morgan fingerprint density at radius 3 is 2.26 bits per heavy atom. The molecule has 0 aliphatic heterocycles. The van der Waals surface area contributed by atoms with Gasteiger partial charge in [0.15, 0.2) is 6.10 Å². The number of benzene rings is 2. The number of nitriles is 1. The maximum atomic E-state index is 12.5. The molecule has 1 unspecified atom stereocenters. The number of hydrogen-bond acceptors (Lipinski definition) is 7. The van der Waals surface area contributed by atoms with Gasteiger partial charge in [0.05, 0.1) is 16.1 Å². The molecule has 34 heavy (non-hydrogen) atoms. The van der Waals surface area contributed by atoms with Crippen molar-refractivity contribution in [3.8, 4) is 6.07 Å². The zero-order valence-electron chi connectivity index (χ0n) is 19.1. The quantitative estimate of drug-likeness (QED) is 0.488. The van der Waals surface area contributed by atoms with Crippen molar-refractivity contribution in [3.63, 3.8) is 0 Å². The number of carbonyl (C=O) groups is 3. The fourth-order valence-electron chi connectivity index (χ4n) is 2.96. The van der Waals surface area contributed by atoms with Crippen LogP contribution in [0, 0.1) is 11.3 Å². The highest BCUT2D eigenvalue weighted by atomic mass is 32.2. The van der Waals surface area contributed by atoms with Crippen LogP contribution in [0.4, 0.5) is 5.69 Å². The number of hydrogen-bond donors (Lipinski definition) is 2. The Hall–Kier alpha value is -3.75. The van der Waals surface area contributed by atoms with E-state index < -0.39 is 40.5 Å². The number of anilines is 1. The highest BCUT2D eigenvalue weighted by Gasteiger charge is 2.22. The number of nitrogens with one attached hydrogen (secondary N) is 2. The molecule has 2 rings (SSSR count). The maximum Gasteiger partial charge on any atom is 0.326 e. The van der Waals surface area contributed by atoms with Gasteiger partial charge in [0.1, 0.15) is 12.6 Å². The molecule has 0 aliphatic carbocycles. The summed E-state index contributed by atoms with van der Waals surface area (Å²) in [6.45, 7) is 4.98. The van der Waals surface area contributed by atoms with Crippen molar-refractivity contribution in [3.05, 3.63) is 59.7 Å². The summed E-state index contributed by atoms with van der Waals surface area (Å²) in [7, 11) is -3.65. The summed E-state index contributed by atoms with van der Waals surface area (Å²) in [5, 5.41) is 14.0. The van der Waals surface area contributed by atoms with Crippen molar-refractivity contribution in [1.82, 2.24) is 9.62 Å². The molecular weight excluding hydrogens is 460 g/mol. The minimum atomic E-state index is -3.65. The molecule has 2 N–H and O–H groups in total. The Labute approximate surface area is 198 Å². The number of carbonyl (C=O) groups excluding carboxylic acids is 3. The number of ether oxygens (including phenoxy) is 1. The first-order valence-electron chi connectivity index (χ1n) is 10.5. The summed E-state index contributed by atoms with van der Waals surface area (Å²) >= 11 is 0. The van der Waals surface area contributed by atoms with Crippen LogP contribution in [0.2, 0.25) is 0 Å². The lowest BCUT2D eigenvalue weighted by molar-refractivity contribution is -0.152. The van der Waals surface area contributed by atoms with Crippen LogP contribution in [0.25, 0.3) is 0 Å². The molecule has 0 spiro atoms. The van der Waals surface area contributed by atoms with Crippen LogP contribution in [0.3, 0.4) is 0 Å². The Kier molecular flexibility index (Phi) is 9.29. The molecule has 0 saturated heterocycles. The maximum absolute atomic E-state index is 12.5. The average molecular weight is 487 g/mol. The molecule has 180 valence electrons. The normalized spacial score (nSPS) is 11.9. The number of esters is 1. The highest BCUT2D eigenvalue weighted by Crippen LogP contribution is 2.16. The van der Waals surface area contributed by atoms with E-state index in [0.717, 1.165) is 0 Å². The number of nitrogens with zero attached hydrogens (tertiary/aromatic N) is 2. The van der Waals surface area contributed by atoms with E-state index in [1.165, 1.54) is 41.6 Å². The van der Waals surface area contributed by atoms with Crippen molar-refractivity contribution in [2.45, 2.75) is 31.8 Å². The van der Waals surface area contributed by atoms with Crippen molar-refractivity contribution in [2.24, 2.45) is 0 Å². The molecule has 0 aromatic heterocycles. The van der Waals surface area contributed by atoms with Gasteiger partial charge < -0.3 is 15.4 Å². The standard InChI is InChI=1S/C23H26N4O6S/c1-4-27(5-2)34(31,32)19-12-10-17(11-13-19)23(30)25-15-21(28)33-16(3)22(29)26-20-9-7-6-8-18(20)14-24/h6-13,16H,4-5,15H2,1-3H3,(H,25,30)(H,26,29). The third kappa shape index (κ3) is 6.63. The lowest BCUT2D eigenvalue weighted by Crippen LogP contribution is -2.36. The van der Waals surface area contributed by atoms with Crippen LogP contribution in [-0.2, 0) is 24.3 Å². The lowest BCUT2D eigenvalue weighted by Gasteiger charge is -2.18. The summed E-state index contributed by atoms with van der Waals surface area (Å²) in [5.41, 5.74) is 0.709. The minimum Gasteiger partial charge on any atom is -0.451 e. The zero-order chi connectivity index (χ0) is 25.3. The van der Waals surface area contributed by atoms with Gasteiger partial charge in [-0.3, -0.25) is 14.4 Å². The third-order valence-corrected chi connectivity index (χ3v) is 6.90. The molecule has 2 aromatic rings. The first kappa shape index (κ1) is 26.5. The second-order valence-electron chi connectivity index (χ2n) is 7.08. The molecule has 0 heterocycles. The van der Waals surface area contributed by atoms with Crippen LogP contribution in [0.1, 0.15) is 36.7 Å². The van der Waals surface area contributed by atoms with Gasteiger partial charge in [-0.05, 0) is 43.3 Å². The van der Waals surface area contributed by atoms with Gasteiger partial charge in [-0.1, -0.05) is 26.0 Å². The molecule has 0 bridgehead atoms. The monoisotopic (exact) mass is 486 g/mol. The molecule has 2 amide bonds. The summed E-state index contributed by atoms with van der Waals surface area (Å²) in [6, 6.07) is 13.7. The number of rotatable bonds is 10. The Morgan fingerprint density at radius 1 is 1.06 bits per heavy atom. The lowest BCUT2D eigenvalue weighted by atomic mass is 10.2. The van der Waals surface area contributed by atoms with E-state index in [1.54, 1.807) is 32.0 Å². The number of amides is 2. The van der Waals surface area contributed by atoms with Crippen LogP contribution in [0.5, 0.6) is 0 Å². The topological polar surface area (TPSA) is 146 Å². The SMILES string of the molecule is CCN(CC)S(=O)(=O)c1ccc(C(=O)NCC(=O)OC(C)C(=O)Nc2ccccc2C#N)cc1. The first-order chi connectivity index (χ1) is 16.1. The summed E-state index contributed by atoms with van der Waals surface area (Å²) in [6.07, 6.45) is -1.17. The van der Waals surface area contributed by atoms with Gasteiger partial charge in [-0.2, -0.15) is 9.57 Å². The zero-order valence-corrected chi connectivity index (χ0v) is 19.9. The molecule has 11 heteroatoms. The highest BCUT2D eigenvalue weighted by molar-refractivity contribution is 7.89. The number of sulfonamides is 1. The van der Waals surface area contributed by atoms with Gasteiger partial charge in [0.2, 0.25) is 10.0 Å². The van der Waals surface area contributed by atoms with Gasteiger partial charge in [0, 0.05) is 18.7 Å².